The van der Waals surface area contributed by atoms with E-state index in [9.17, 15) is 4.79 Å². The molecule has 0 spiro atoms. The van der Waals surface area contributed by atoms with E-state index in [0.717, 1.165) is 43.7 Å². The molecule has 126 valence electrons. The maximum absolute atomic E-state index is 12.8. The standard InChI is InChI=1S/C18H30N2O.ClH/c1-12(19)16-2-3-20(11-16)17(21)10-18-7-13-4-14(8-18)6-15(5-13)9-18;/h12-16H,2-11,19H2,1H3;1H. The molecule has 1 amide bonds. The van der Waals surface area contributed by atoms with Gasteiger partial charge in [0.05, 0.1) is 0 Å². The van der Waals surface area contributed by atoms with E-state index in [2.05, 4.69) is 11.8 Å². The van der Waals surface area contributed by atoms with Crippen LogP contribution < -0.4 is 5.73 Å². The van der Waals surface area contributed by atoms with Gasteiger partial charge in [-0.2, -0.15) is 0 Å². The van der Waals surface area contributed by atoms with Crippen LogP contribution in [0.3, 0.4) is 0 Å². The fourth-order valence-electron chi connectivity index (χ4n) is 6.38. The average molecular weight is 327 g/mol. The molecule has 4 heteroatoms. The van der Waals surface area contributed by atoms with E-state index in [1.807, 2.05) is 0 Å². The Hall–Kier alpha value is -0.280. The number of hydrogen-bond acceptors (Lipinski definition) is 2. The van der Waals surface area contributed by atoms with Crippen LogP contribution in [0.1, 0.15) is 58.3 Å². The number of nitrogens with two attached hydrogens (primary N) is 1. The molecule has 4 aliphatic carbocycles. The molecule has 4 bridgehead atoms. The Morgan fingerprint density at radius 2 is 1.73 bits per heavy atom. The number of nitrogens with zero attached hydrogens (tertiary/aromatic N) is 1. The molecule has 4 saturated carbocycles. The Bertz CT molecular complexity index is 402. The van der Waals surface area contributed by atoms with Crippen LogP contribution in [0.2, 0.25) is 0 Å². The molecule has 3 nitrogen and oxygen atoms in total. The van der Waals surface area contributed by atoms with Crippen molar-refractivity contribution in [3.8, 4) is 0 Å². The van der Waals surface area contributed by atoms with E-state index in [4.69, 9.17) is 5.73 Å². The summed E-state index contributed by atoms with van der Waals surface area (Å²) in [5, 5.41) is 0. The van der Waals surface area contributed by atoms with Crippen LogP contribution in [0, 0.1) is 29.1 Å². The van der Waals surface area contributed by atoms with Gasteiger partial charge < -0.3 is 10.6 Å². The highest BCUT2D eigenvalue weighted by Crippen LogP contribution is 2.61. The molecule has 22 heavy (non-hydrogen) atoms. The van der Waals surface area contributed by atoms with E-state index in [1.165, 1.54) is 38.5 Å². The van der Waals surface area contributed by atoms with Crippen molar-refractivity contribution < 1.29 is 4.79 Å². The second kappa shape index (κ2) is 5.98. The molecule has 1 saturated heterocycles. The fraction of sp³-hybridized carbons (Fsp3) is 0.944. The number of hydrogen-bond donors (Lipinski definition) is 1. The van der Waals surface area contributed by atoms with Gasteiger partial charge in [-0.3, -0.25) is 4.79 Å². The minimum atomic E-state index is 0. The Morgan fingerprint density at radius 3 is 2.18 bits per heavy atom. The molecule has 0 aromatic heterocycles. The molecular formula is C18H31ClN2O. The summed E-state index contributed by atoms with van der Waals surface area (Å²) in [7, 11) is 0. The van der Waals surface area contributed by atoms with Crippen LogP contribution in [0.25, 0.3) is 0 Å². The molecule has 2 atom stereocenters. The van der Waals surface area contributed by atoms with Crippen molar-refractivity contribution in [2.75, 3.05) is 13.1 Å². The third kappa shape index (κ3) is 2.91. The SMILES string of the molecule is CC(N)C1CCN(C(=O)CC23CC4CC(CC(C4)C2)C3)C1.Cl. The van der Waals surface area contributed by atoms with Crippen molar-refractivity contribution >= 4 is 18.3 Å². The summed E-state index contributed by atoms with van der Waals surface area (Å²) in [6.45, 7) is 3.93. The van der Waals surface area contributed by atoms with Gasteiger partial charge in [-0.25, -0.2) is 0 Å². The molecule has 0 aromatic carbocycles. The molecule has 0 radical (unpaired) electrons. The number of rotatable bonds is 3. The van der Waals surface area contributed by atoms with Gasteiger partial charge in [0.1, 0.15) is 0 Å². The number of carbonyl (C=O) groups excluding carboxylic acids is 1. The number of likely N-dealkylation sites (tertiary alicyclic amines) is 1. The van der Waals surface area contributed by atoms with Crippen LogP contribution in [0.4, 0.5) is 0 Å². The van der Waals surface area contributed by atoms with Crippen molar-refractivity contribution in [3.05, 3.63) is 0 Å². The highest BCUT2D eigenvalue weighted by atomic mass is 35.5. The summed E-state index contributed by atoms with van der Waals surface area (Å²) in [4.78, 5) is 14.9. The summed E-state index contributed by atoms with van der Waals surface area (Å²) in [6, 6.07) is 0.224. The lowest BCUT2D eigenvalue weighted by Gasteiger charge is -2.56. The first-order valence-electron chi connectivity index (χ1n) is 9.06. The topological polar surface area (TPSA) is 46.3 Å². The van der Waals surface area contributed by atoms with E-state index < -0.39 is 0 Å². The lowest BCUT2D eigenvalue weighted by atomic mass is 9.49. The van der Waals surface area contributed by atoms with Gasteiger partial charge in [0.2, 0.25) is 5.91 Å². The first-order chi connectivity index (χ1) is 10.0. The summed E-state index contributed by atoms with van der Waals surface area (Å²) in [6.07, 6.45) is 10.4. The van der Waals surface area contributed by atoms with Gasteiger partial charge in [-0.1, -0.05) is 0 Å². The van der Waals surface area contributed by atoms with Crippen molar-refractivity contribution in [1.29, 1.82) is 0 Å². The summed E-state index contributed by atoms with van der Waals surface area (Å²) < 4.78 is 0. The largest absolute Gasteiger partial charge is 0.342 e. The molecule has 2 unspecified atom stereocenters. The molecule has 1 aliphatic heterocycles. The van der Waals surface area contributed by atoms with Crippen molar-refractivity contribution in [3.63, 3.8) is 0 Å². The summed E-state index contributed by atoms with van der Waals surface area (Å²) in [5.74, 6) is 3.78. The van der Waals surface area contributed by atoms with Gasteiger partial charge in [0.25, 0.3) is 0 Å². The zero-order valence-corrected chi connectivity index (χ0v) is 14.6. The normalized spacial score (nSPS) is 44.0. The van der Waals surface area contributed by atoms with Crippen molar-refractivity contribution in [2.24, 2.45) is 34.8 Å². The Morgan fingerprint density at radius 1 is 1.18 bits per heavy atom. The van der Waals surface area contributed by atoms with Crippen LogP contribution in [-0.2, 0) is 4.79 Å². The predicted octanol–water partition coefficient (Wildman–Crippen LogP) is 3.21. The maximum Gasteiger partial charge on any atom is 0.223 e. The van der Waals surface area contributed by atoms with Crippen molar-refractivity contribution in [2.45, 2.75) is 64.3 Å². The third-order valence-electron chi connectivity index (χ3n) is 7.01. The molecule has 2 N–H and O–H groups in total. The average Bonchev–Trinajstić information content (AvgIpc) is 2.85. The fourth-order valence-corrected chi connectivity index (χ4v) is 6.38. The first-order valence-corrected chi connectivity index (χ1v) is 9.06. The quantitative estimate of drug-likeness (QED) is 0.865. The second-order valence-corrected chi connectivity index (χ2v) is 8.84. The Balaban J connectivity index is 0.00000144. The van der Waals surface area contributed by atoms with Gasteiger partial charge in [0.15, 0.2) is 0 Å². The predicted molar refractivity (Wildman–Crippen MR) is 90.8 cm³/mol. The maximum atomic E-state index is 12.8. The van der Waals surface area contributed by atoms with Gasteiger partial charge >= 0.3 is 0 Å². The Kier molecular flexibility index (Phi) is 4.50. The van der Waals surface area contributed by atoms with Crippen LogP contribution >= 0.6 is 12.4 Å². The molecule has 5 rings (SSSR count). The van der Waals surface area contributed by atoms with Crippen LogP contribution in [0.15, 0.2) is 0 Å². The number of halogens is 1. The minimum Gasteiger partial charge on any atom is -0.342 e. The van der Waals surface area contributed by atoms with E-state index >= 15 is 0 Å². The molecule has 0 aromatic rings. The van der Waals surface area contributed by atoms with E-state index in [0.29, 0.717) is 17.2 Å². The summed E-state index contributed by atoms with van der Waals surface area (Å²) >= 11 is 0. The third-order valence-corrected chi connectivity index (χ3v) is 7.01. The molecule has 1 heterocycles. The lowest BCUT2D eigenvalue weighted by Crippen LogP contribution is -2.48. The number of carbonyl (C=O) groups is 1. The summed E-state index contributed by atoms with van der Waals surface area (Å²) in [5.41, 5.74) is 6.40. The van der Waals surface area contributed by atoms with Gasteiger partial charge in [0, 0.05) is 25.6 Å². The van der Waals surface area contributed by atoms with Gasteiger partial charge in [-0.05, 0) is 81.0 Å². The van der Waals surface area contributed by atoms with E-state index in [1.54, 1.807) is 0 Å². The smallest absolute Gasteiger partial charge is 0.223 e. The van der Waals surface area contributed by atoms with Gasteiger partial charge in [-0.15, -0.1) is 12.4 Å². The van der Waals surface area contributed by atoms with Crippen LogP contribution in [0.5, 0.6) is 0 Å². The van der Waals surface area contributed by atoms with E-state index in [-0.39, 0.29) is 18.4 Å². The minimum absolute atomic E-state index is 0. The second-order valence-electron chi connectivity index (χ2n) is 8.84. The first kappa shape index (κ1) is 16.6. The van der Waals surface area contributed by atoms with Crippen LogP contribution in [-0.4, -0.2) is 29.9 Å². The Labute approximate surface area is 140 Å². The molecule has 5 fully saturated rings. The molecular weight excluding hydrogens is 296 g/mol. The number of amides is 1. The zero-order valence-electron chi connectivity index (χ0n) is 13.8. The van der Waals surface area contributed by atoms with Crippen molar-refractivity contribution in [1.82, 2.24) is 4.90 Å². The lowest BCUT2D eigenvalue weighted by molar-refractivity contribution is -0.138. The molecule has 5 aliphatic rings. The monoisotopic (exact) mass is 326 g/mol. The highest BCUT2D eigenvalue weighted by molar-refractivity contribution is 5.85. The highest BCUT2D eigenvalue weighted by Gasteiger charge is 2.51. The zero-order chi connectivity index (χ0) is 14.6.